The van der Waals surface area contributed by atoms with Crippen molar-refractivity contribution in [3.8, 4) is 22.7 Å². The summed E-state index contributed by atoms with van der Waals surface area (Å²) >= 11 is 0. The number of hydrogen-bond acceptors (Lipinski definition) is 8. The molecule has 4 rings (SSSR count). The SMILES string of the molecule is CCOC(=O)c1c(-c2cc3ccc(OC)cc3oc2=O)nn(-c2ccccc2)c1C(=O)OCC. The average molecular weight is 462 g/mol. The number of benzene rings is 2. The molecule has 2 heterocycles. The molecule has 174 valence electrons. The Morgan fingerprint density at radius 3 is 2.35 bits per heavy atom. The van der Waals surface area contributed by atoms with E-state index >= 15 is 0 Å². The molecular weight excluding hydrogens is 440 g/mol. The monoisotopic (exact) mass is 462 g/mol. The number of para-hydroxylation sites is 1. The summed E-state index contributed by atoms with van der Waals surface area (Å²) in [4.78, 5) is 39.0. The van der Waals surface area contributed by atoms with Crippen LogP contribution in [0.25, 0.3) is 27.9 Å². The molecule has 0 spiro atoms. The molecule has 2 aromatic heterocycles. The minimum Gasteiger partial charge on any atom is -0.497 e. The fraction of sp³-hybridized carbons (Fsp3) is 0.200. The molecule has 0 aliphatic rings. The maximum atomic E-state index is 13.0. The Morgan fingerprint density at radius 2 is 1.68 bits per heavy atom. The Kier molecular flexibility index (Phi) is 6.44. The molecule has 0 saturated carbocycles. The van der Waals surface area contributed by atoms with Gasteiger partial charge in [0.25, 0.3) is 0 Å². The van der Waals surface area contributed by atoms with Crippen LogP contribution in [-0.4, -0.2) is 42.0 Å². The highest BCUT2D eigenvalue weighted by Crippen LogP contribution is 2.30. The van der Waals surface area contributed by atoms with Crippen LogP contribution in [0.2, 0.25) is 0 Å². The molecule has 34 heavy (non-hydrogen) atoms. The third-order valence-electron chi connectivity index (χ3n) is 5.03. The van der Waals surface area contributed by atoms with Gasteiger partial charge in [-0.25, -0.2) is 19.1 Å². The lowest BCUT2D eigenvalue weighted by Gasteiger charge is -2.08. The minimum atomic E-state index is -0.808. The second-order valence-electron chi connectivity index (χ2n) is 7.11. The standard InChI is InChI=1S/C25H22N2O7/c1-4-32-24(29)20-21(18-13-15-11-12-17(31-3)14-19(15)34-23(18)28)26-27(16-9-7-6-8-10-16)22(20)25(30)33-5-2/h6-14H,4-5H2,1-3H3. The highest BCUT2D eigenvalue weighted by Gasteiger charge is 2.33. The van der Waals surface area contributed by atoms with Gasteiger partial charge in [0, 0.05) is 11.5 Å². The number of rotatable bonds is 7. The van der Waals surface area contributed by atoms with Crippen molar-refractivity contribution in [3.05, 3.63) is 76.3 Å². The van der Waals surface area contributed by atoms with E-state index in [4.69, 9.17) is 18.6 Å². The summed E-state index contributed by atoms with van der Waals surface area (Å²) in [6.07, 6.45) is 0. The third kappa shape index (κ3) is 4.15. The predicted molar refractivity (Wildman–Crippen MR) is 124 cm³/mol. The fourth-order valence-electron chi connectivity index (χ4n) is 3.53. The van der Waals surface area contributed by atoms with Crippen LogP contribution < -0.4 is 10.4 Å². The molecule has 0 unspecified atom stereocenters. The molecule has 0 radical (unpaired) electrons. The van der Waals surface area contributed by atoms with E-state index < -0.39 is 17.6 Å². The summed E-state index contributed by atoms with van der Waals surface area (Å²) in [7, 11) is 1.51. The zero-order valence-electron chi connectivity index (χ0n) is 18.9. The van der Waals surface area contributed by atoms with Crippen LogP contribution in [0.5, 0.6) is 5.75 Å². The number of carbonyl (C=O) groups is 2. The second kappa shape index (κ2) is 9.62. The van der Waals surface area contributed by atoms with Crippen molar-refractivity contribution in [2.75, 3.05) is 20.3 Å². The molecule has 0 fully saturated rings. The van der Waals surface area contributed by atoms with Crippen LogP contribution in [0.1, 0.15) is 34.7 Å². The van der Waals surface area contributed by atoms with E-state index in [1.54, 1.807) is 68.4 Å². The molecule has 0 N–H and O–H groups in total. The van der Waals surface area contributed by atoms with Crippen molar-refractivity contribution in [2.45, 2.75) is 13.8 Å². The molecule has 0 amide bonds. The second-order valence-corrected chi connectivity index (χ2v) is 7.11. The number of esters is 2. The number of fused-ring (bicyclic) bond motifs is 1. The Labute approximate surface area is 194 Å². The zero-order chi connectivity index (χ0) is 24.2. The Hall–Kier alpha value is -4.40. The molecule has 4 aromatic rings. The molecular formula is C25H22N2O7. The summed E-state index contributed by atoms with van der Waals surface area (Å²) in [6, 6.07) is 15.3. The van der Waals surface area contributed by atoms with Gasteiger partial charge in [0.15, 0.2) is 5.69 Å². The predicted octanol–water partition coefficient (Wildman–Crippen LogP) is 4.01. The quantitative estimate of drug-likeness (QED) is 0.299. The Bertz CT molecular complexity index is 1420. The number of ether oxygens (including phenoxy) is 3. The highest BCUT2D eigenvalue weighted by molar-refractivity contribution is 6.07. The van der Waals surface area contributed by atoms with Gasteiger partial charge in [-0.05, 0) is 44.2 Å². The van der Waals surface area contributed by atoms with Crippen molar-refractivity contribution >= 4 is 22.9 Å². The van der Waals surface area contributed by atoms with Crippen molar-refractivity contribution in [2.24, 2.45) is 0 Å². The lowest BCUT2D eigenvalue weighted by atomic mass is 10.1. The van der Waals surface area contributed by atoms with Gasteiger partial charge in [-0.1, -0.05) is 18.2 Å². The third-order valence-corrected chi connectivity index (χ3v) is 5.03. The highest BCUT2D eigenvalue weighted by atomic mass is 16.5. The first-order valence-corrected chi connectivity index (χ1v) is 10.6. The largest absolute Gasteiger partial charge is 0.497 e. The molecule has 0 aliphatic heterocycles. The maximum Gasteiger partial charge on any atom is 0.357 e. The molecule has 0 aliphatic carbocycles. The zero-order valence-corrected chi connectivity index (χ0v) is 18.9. The number of carbonyl (C=O) groups excluding carboxylic acids is 2. The Balaban J connectivity index is 2.04. The van der Waals surface area contributed by atoms with E-state index in [0.717, 1.165) is 0 Å². The Morgan fingerprint density at radius 1 is 0.971 bits per heavy atom. The first kappa shape index (κ1) is 22.8. The van der Waals surface area contributed by atoms with Crippen molar-refractivity contribution in [1.82, 2.24) is 9.78 Å². The maximum absolute atomic E-state index is 13.0. The van der Waals surface area contributed by atoms with Gasteiger partial charge in [0.05, 0.1) is 31.6 Å². The summed E-state index contributed by atoms with van der Waals surface area (Å²) in [6.45, 7) is 3.43. The molecule has 2 aromatic carbocycles. The van der Waals surface area contributed by atoms with Crippen molar-refractivity contribution in [1.29, 1.82) is 0 Å². The summed E-state index contributed by atoms with van der Waals surface area (Å²) in [5.41, 5.74) is -0.298. The van der Waals surface area contributed by atoms with Crippen LogP contribution in [0, 0.1) is 0 Å². The van der Waals surface area contributed by atoms with Crippen LogP contribution >= 0.6 is 0 Å². The molecule has 0 bridgehead atoms. The van der Waals surface area contributed by atoms with E-state index in [-0.39, 0.29) is 35.7 Å². The van der Waals surface area contributed by atoms with Gasteiger partial charge in [0.2, 0.25) is 0 Å². The first-order chi connectivity index (χ1) is 16.5. The van der Waals surface area contributed by atoms with Gasteiger partial charge in [0.1, 0.15) is 22.6 Å². The van der Waals surface area contributed by atoms with E-state index in [1.807, 2.05) is 0 Å². The van der Waals surface area contributed by atoms with Crippen LogP contribution in [0.3, 0.4) is 0 Å². The van der Waals surface area contributed by atoms with Crippen molar-refractivity contribution < 1.29 is 28.2 Å². The van der Waals surface area contributed by atoms with Gasteiger partial charge in [-0.3, -0.25) is 0 Å². The smallest absolute Gasteiger partial charge is 0.357 e. The number of aromatic nitrogens is 2. The fourth-order valence-corrected chi connectivity index (χ4v) is 3.53. The molecule has 9 nitrogen and oxygen atoms in total. The van der Waals surface area contributed by atoms with E-state index in [1.165, 1.54) is 11.8 Å². The van der Waals surface area contributed by atoms with Crippen LogP contribution in [0.4, 0.5) is 0 Å². The number of methoxy groups -OCH3 is 1. The van der Waals surface area contributed by atoms with Crippen LogP contribution in [0.15, 0.2) is 63.8 Å². The van der Waals surface area contributed by atoms with Gasteiger partial charge < -0.3 is 18.6 Å². The number of nitrogens with zero attached hydrogens (tertiary/aromatic N) is 2. The van der Waals surface area contributed by atoms with Crippen molar-refractivity contribution in [3.63, 3.8) is 0 Å². The molecule has 0 saturated heterocycles. The molecule has 0 atom stereocenters. The van der Waals surface area contributed by atoms with Gasteiger partial charge >= 0.3 is 17.6 Å². The van der Waals surface area contributed by atoms with E-state index in [0.29, 0.717) is 22.4 Å². The number of hydrogen-bond donors (Lipinski definition) is 0. The normalized spacial score (nSPS) is 10.8. The molecule has 9 heteroatoms. The summed E-state index contributed by atoms with van der Waals surface area (Å²) < 4.78 is 22.4. The topological polar surface area (TPSA) is 110 Å². The summed E-state index contributed by atoms with van der Waals surface area (Å²) in [5, 5.41) is 5.07. The lowest BCUT2D eigenvalue weighted by Crippen LogP contribution is -2.17. The van der Waals surface area contributed by atoms with Crippen LogP contribution in [-0.2, 0) is 9.47 Å². The lowest BCUT2D eigenvalue weighted by molar-refractivity contribution is 0.0473. The van der Waals surface area contributed by atoms with Gasteiger partial charge in [-0.2, -0.15) is 5.10 Å². The first-order valence-electron chi connectivity index (χ1n) is 10.6. The van der Waals surface area contributed by atoms with E-state index in [2.05, 4.69) is 5.10 Å². The average Bonchev–Trinajstić information content (AvgIpc) is 3.25. The van der Waals surface area contributed by atoms with E-state index in [9.17, 15) is 14.4 Å². The summed E-state index contributed by atoms with van der Waals surface area (Å²) in [5.74, 6) is -1.06. The van der Waals surface area contributed by atoms with Gasteiger partial charge in [-0.15, -0.1) is 0 Å². The minimum absolute atomic E-state index is 0.000879.